The maximum atomic E-state index is 4.82. The molecule has 0 spiro atoms. The molecule has 0 aromatic rings. The van der Waals surface area contributed by atoms with Crippen molar-refractivity contribution >= 4 is 5.96 Å². The molecule has 1 heterocycles. The van der Waals surface area contributed by atoms with Gasteiger partial charge in [0.25, 0.3) is 0 Å². The largest absolute Gasteiger partial charge is 0.357 e. The highest BCUT2D eigenvalue weighted by Crippen LogP contribution is 2.15. The molecule has 1 saturated heterocycles. The maximum Gasteiger partial charge on any atom is 0.191 e. The summed E-state index contributed by atoms with van der Waals surface area (Å²) in [6.07, 6.45) is 7.76. The number of piperidine rings is 1. The summed E-state index contributed by atoms with van der Waals surface area (Å²) < 4.78 is 0. The second-order valence-electron chi connectivity index (χ2n) is 6.76. The molecule has 1 atom stereocenters. The van der Waals surface area contributed by atoms with Crippen LogP contribution in [0.5, 0.6) is 0 Å². The number of rotatable bonds is 9. The van der Waals surface area contributed by atoms with E-state index in [9.17, 15) is 0 Å². The summed E-state index contributed by atoms with van der Waals surface area (Å²) in [5.74, 6) is 2.54. The minimum Gasteiger partial charge on any atom is -0.357 e. The minimum absolute atomic E-state index is 0.735. The summed E-state index contributed by atoms with van der Waals surface area (Å²) >= 11 is 0. The number of hydrogen-bond acceptors (Lipinski definition) is 2. The van der Waals surface area contributed by atoms with Crippen molar-refractivity contribution in [3.05, 3.63) is 0 Å². The zero-order valence-electron chi connectivity index (χ0n) is 15.3. The van der Waals surface area contributed by atoms with Gasteiger partial charge in [0, 0.05) is 19.6 Å². The average Bonchev–Trinajstić information content (AvgIpc) is 2.54. The quantitative estimate of drug-likeness (QED) is 0.508. The molecule has 4 heteroatoms. The molecule has 130 valence electrons. The van der Waals surface area contributed by atoms with E-state index in [0.717, 1.165) is 37.4 Å². The molecule has 0 radical (unpaired) electrons. The summed E-state index contributed by atoms with van der Waals surface area (Å²) in [6, 6.07) is 0. The van der Waals surface area contributed by atoms with E-state index < -0.39 is 0 Å². The van der Waals surface area contributed by atoms with Crippen LogP contribution in [-0.4, -0.2) is 50.6 Å². The van der Waals surface area contributed by atoms with Crippen molar-refractivity contribution in [3.63, 3.8) is 0 Å². The van der Waals surface area contributed by atoms with Crippen molar-refractivity contribution in [1.29, 1.82) is 0 Å². The van der Waals surface area contributed by atoms with Gasteiger partial charge in [0.05, 0.1) is 0 Å². The van der Waals surface area contributed by atoms with Crippen LogP contribution in [0.3, 0.4) is 0 Å². The summed E-state index contributed by atoms with van der Waals surface area (Å²) in [5.41, 5.74) is 0. The number of nitrogens with zero attached hydrogens (tertiary/aromatic N) is 2. The number of likely N-dealkylation sites (tertiary alicyclic amines) is 1. The molecular weight excluding hydrogens is 272 g/mol. The molecule has 4 nitrogen and oxygen atoms in total. The van der Waals surface area contributed by atoms with Crippen LogP contribution in [0.15, 0.2) is 4.99 Å². The van der Waals surface area contributed by atoms with Crippen LogP contribution >= 0.6 is 0 Å². The van der Waals surface area contributed by atoms with Crippen LogP contribution < -0.4 is 10.6 Å². The Kier molecular flexibility index (Phi) is 10.3. The first-order chi connectivity index (χ1) is 10.7. The van der Waals surface area contributed by atoms with E-state index >= 15 is 0 Å². The number of nitrogens with one attached hydrogen (secondary N) is 2. The molecule has 0 aromatic heterocycles. The fourth-order valence-electron chi connectivity index (χ4n) is 2.99. The minimum atomic E-state index is 0.735. The topological polar surface area (TPSA) is 39.7 Å². The Morgan fingerprint density at radius 3 is 2.50 bits per heavy atom. The van der Waals surface area contributed by atoms with Crippen molar-refractivity contribution in [2.24, 2.45) is 16.8 Å². The van der Waals surface area contributed by atoms with Gasteiger partial charge < -0.3 is 15.5 Å². The van der Waals surface area contributed by atoms with Crippen LogP contribution in [0.4, 0.5) is 0 Å². The summed E-state index contributed by atoms with van der Waals surface area (Å²) in [5, 5.41) is 6.96. The highest BCUT2D eigenvalue weighted by atomic mass is 15.2. The highest BCUT2D eigenvalue weighted by molar-refractivity contribution is 5.79. The normalized spacial score (nSPS) is 19.2. The van der Waals surface area contributed by atoms with E-state index in [2.05, 4.69) is 43.4 Å². The predicted molar refractivity (Wildman–Crippen MR) is 97.5 cm³/mol. The SMILES string of the molecule is CCCCC(CC)CN=C(NCC)NCC1CCN(C)CC1. The molecule has 0 amide bonds. The summed E-state index contributed by atoms with van der Waals surface area (Å²) in [4.78, 5) is 7.25. The number of unbranched alkanes of at least 4 members (excludes halogenated alkanes) is 1. The van der Waals surface area contributed by atoms with Crippen LogP contribution in [0.25, 0.3) is 0 Å². The van der Waals surface area contributed by atoms with Crippen molar-refractivity contribution in [2.75, 3.05) is 39.8 Å². The van der Waals surface area contributed by atoms with Crippen LogP contribution in [0, 0.1) is 11.8 Å². The van der Waals surface area contributed by atoms with Gasteiger partial charge in [-0.05, 0) is 58.2 Å². The predicted octanol–water partition coefficient (Wildman–Crippen LogP) is 3.10. The third kappa shape index (κ3) is 8.02. The number of aliphatic imine (C=N–C) groups is 1. The standard InChI is InChI=1S/C18H38N4/c1-5-8-9-16(6-2)14-20-18(19-7-3)21-15-17-10-12-22(4)13-11-17/h16-17H,5-15H2,1-4H3,(H2,19,20,21). The van der Waals surface area contributed by atoms with Crippen molar-refractivity contribution in [1.82, 2.24) is 15.5 Å². The van der Waals surface area contributed by atoms with Crippen LogP contribution in [0.2, 0.25) is 0 Å². The van der Waals surface area contributed by atoms with E-state index in [-0.39, 0.29) is 0 Å². The lowest BCUT2D eigenvalue weighted by molar-refractivity contribution is 0.220. The van der Waals surface area contributed by atoms with E-state index in [1.165, 1.54) is 51.6 Å². The third-order valence-corrected chi connectivity index (χ3v) is 4.79. The second-order valence-corrected chi connectivity index (χ2v) is 6.76. The molecule has 0 aromatic carbocycles. The molecule has 0 bridgehead atoms. The summed E-state index contributed by atoms with van der Waals surface area (Å²) in [6.45, 7) is 12.1. The number of hydrogen-bond donors (Lipinski definition) is 2. The smallest absolute Gasteiger partial charge is 0.191 e. The Morgan fingerprint density at radius 1 is 1.18 bits per heavy atom. The van der Waals surface area contributed by atoms with Gasteiger partial charge in [-0.3, -0.25) is 4.99 Å². The molecule has 1 aliphatic heterocycles. The Morgan fingerprint density at radius 2 is 1.91 bits per heavy atom. The fraction of sp³-hybridized carbons (Fsp3) is 0.944. The van der Waals surface area contributed by atoms with Gasteiger partial charge in [0.2, 0.25) is 0 Å². The highest BCUT2D eigenvalue weighted by Gasteiger charge is 2.16. The maximum absolute atomic E-state index is 4.82. The Labute approximate surface area is 138 Å². The average molecular weight is 311 g/mol. The van der Waals surface area contributed by atoms with Gasteiger partial charge in [-0.15, -0.1) is 0 Å². The first-order valence-corrected chi connectivity index (χ1v) is 9.40. The Bertz CT molecular complexity index is 295. The van der Waals surface area contributed by atoms with Crippen molar-refractivity contribution in [3.8, 4) is 0 Å². The van der Waals surface area contributed by atoms with Crippen molar-refractivity contribution in [2.45, 2.75) is 59.3 Å². The zero-order chi connectivity index (χ0) is 16.2. The first kappa shape index (κ1) is 19.3. The molecule has 2 N–H and O–H groups in total. The van der Waals surface area contributed by atoms with Crippen LogP contribution in [0.1, 0.15) is 59.3 Å². The third-order valence-electron chi connectivity index (χ3n) is 4.79. The number of guanidine groups is 1. The lowest BCUT2D eigenvalue weighted by Gasteiger charge is -2.29. The lowest BCUT2D eigenvalue weighted by Crippen LogP contribution is -2.42. The van der Waals surface area contributed by atoms with E-state index in [0.29, 0.717) is 0 Å². The van der Waals surface area contributed by atoms with Gasteiger partial charge >= 0.3 is 0 Å². The Hall–Kier alpha value is -0.770. The first-order valence-electron chi connectivity index (χ1n) is 9.40. The van der Waals surface area contributed by atoms with Crippen molar-refractivity contribution < 1.29 is 0 Å². The van der Waals surface area contributed by atoms with E-state index in [4.69, 9.17) is 4.99 Å². The van der Waals surface area contributed by atoms with Gasteiger partial charge in [0.1, 0.15) is 0 Å². The lowest BCUT2D eigenvalue weighted by atomic mass is 9.97. The Balaban J connectivity index is 2.37. The zero-order valence-corrected chi connectivity index (χ0v) is 15.3. The molecule has 1 unspecified atom stereocenters. The van der Waals surface area contributed by atoms with Gasteiger partial charge in [-0.25, -0.2) is 0 Å². The van der Waals surface area contributed by atoms with Gasteiger partial charge in [-0.1, -0.05) is 33.1 Å². The molecule has 1 rings (SSSR count). The molecule has 0 aliphatic carbocycles. The molecule has 1 aliphatic rings. The second kappa shape index (κ2) is 11.8. The van der Waals surface area contributed by atoms with Gasteiger partial charge in [-0.2, -0.15) is 0 Å². The monoisotopic (exact) mass is 310 g/mol. The fourth-order valence-corrected chi connectivity index (χ4v) is 2.99. The van der Waals surface area contributed by atoms with Crippen LogP contribution in [-0.2, 0) is 0 Å². The molecule has 22 heavy (non-hydrogen) atoms. The molecule has 1 fully saturated rings. The molecule has 0 saturated carbocycles. The summed E-state index contributed by atoms with van der Waals surface area (Å²) in [7, 11) is 2.22. The van der Waals surface area contributed by atoms with E-state index in [1.807, 2.05) is 0 Å². The molecular formula is C18H38N4. The van der Waals surface area contributed by atoms with Gasteiger partial charge in [0.15, 0.2) is 5.96 Å². The van der Waals surface area contributed by atoms with E-state index in [1.54, 1.807) is 0 Å².